The first-order valence-electron chi connectivity index (χ1n) is 5.19. The number of esters is 1. The van der Waals surface area contributed by atoms with Gasteiger partial charge in [0.15, 0.2) is 5.71 Å². The number of rotatable bonds is 5. The molecular formula is C12H14N2O4. The summed E-state index contributed by atoms with van der Waals surface area (Å²) in [6.07, 6.45) is 0. The predicted octanol–water partition coefficient (Wildman–Crippen LogP) is 0.585. The first-order valence-corrected chi connectivity index (χ1v) is 5.19. The monoisotopic (exact) mass is 250 g/mol. The predicted molar refractivity (Wildman–Crippen MR) is 64.7 cm³/mol. The highest BCUT2D eigenvalue weighted by atomic mass is 16.6. The summed E-state index contributed by atoms with van der Waals surface area (Å²) < 4.78 is 4.89. The van der Waals surface area contributed by atoms with Crippen LogP contribution < -0.4 is 5.73 Å². The number of nitrogens with zero attached hydrogens (tertiary/aromatic N) is 1. The average molecular weight is 250 g/mol. The number of carbonyl (C=O) groups excluding carboxylic acids is 2. The minimum atomic E-state index is -0.716. The van der Waals surface area contributed by atoms with E-state index < -0.39 is 11.9 Å². The van der Waals surface area contributed by atoms with Crippen LogP contribution in [-0.4, -0.2) is 24.7 Å². The molecule has 0 aliphatic heterocycles. The quantitative estimate of drug-likeness (QED) is 0.470. The molecule has 0 fully saturated rings. The molecule has 0 radical (unpaired) electrons. The molecule has 0 bridgehead atoms. The van der Waals surface area contributed by atoms with Gasteiger partial charge in [0.05, 0.1) is 0 Å². The molecule has 0 aliphatic rings. The average Bonchev–Trinajstić information content (AvgIpc) is 2.33. The Labute approximate surface area is 104 Å². The molecule has 0 saturated heterocycles. The fraction of sp³-hybridized carbons (Fsp3) is 0.250. The van der Waals surface area contributed by atoms with E-state index in [1.807, 2.05) is 0 Å². The largest absolute Gasteiger partial charge is 0.461 e. The van der Waals surface area contributed by atoms with Crippen LogP contribution in [0.4, 0.5) is 0 Å². The van der Waals surface area contributed by atoms with Gasteiger partial charge in [-0.2, -0.15) is 0 Å². The lowest BCUT2D eigenvalue weighted by Gasteiger charge is -2.09. The summed E-state index contributed by atoms with van der Waals surface area (Å²) in [4.78, 5) is 26.7. The normalized spacial score (nSPS) is 10.9. The number of hydrogen-bond donors (Lipinski definition) is 1. The molecule has 0 heterocycles. The minimum absolute atomic E-state index is 0.0137. The van der Waals surface area contributed by atoms with Crippen LogP contribution in [0.3, 0.4) is 0 Å². The summed E-state index contributed by atoms with van der Waals surface area (Å²) >= 11 is 0. The molecule has 6 nitrogen and oxygen atoms in total. The molecule has 0 aromatic heterocycles. The van der Waals surface area contributed by atoms with Gasteiger partial charge in [0, 0.05) is 12.5 Å². The molecule has 0 saturated carbocycles. The van der Waals surface area contributed by atoms with Crippen molar-refractivity contribution < 1.29 is 19.2 Å². The van der Waals surface area contributed by atoms with Crippen molar-refractivity contribution in [3.63, 3.8) is 0 Å². The van der Waals surface area contributed by atoms with E-state index >= 15 is 0 Å². The minimum Gasteiger partial charge on any atom is -0.461 e. The number of primary amides is 1. The van der Waals surface area contributed by atoms with Gasteiger partial charge < -0.3 is 15.3 Å². The van der Waals surface area contributed by atoms with Crippen LogP contribution in [-0.2, 0) is 25.8 Å². The van der Waals surface area contributed by atoms with E-state index in [-0.39, 0.29) is 12.3 Å². The van der Waals surface area contributed by atoms with E-state index in [2.05, 4.69) is 9.99 Å². The van der Waals surface area contributed by atoms with Crippen LogP contribution in [0.2, 0.25) is 0 Å². The smallest absolute Gasteiger partial charge is 0.302 e. The van der Waals surface area contributed by atoms with Crippen molar-refractivity contribution in [2.24, 2.45) is 10.9 Å². The lowest BCUT2D eigenvalue weighted by Crippen LogP contribution is -2.25. The Kier molecular flexibility index (Phi) is 4.86. The van der Waals surface area contributed by atoms with Gasteiger partial charge in [-0.1, -0.05) is 29.4 Å². The fourth-order valence-corrected chi connectivity index (χ4v) is 1.37. The summed E-state index contributed by atoms with van der Waals surface area (Å²) in [6.45, 7) is 1.35. The molecule has 18 heavy (non-hydrogen) atoms. The van der Waals surface area contributed by atoms with Crippen molar-refractivity contribution in [3.8, 4) is 0 Å². The molecule has 1 aromatic rings. The summed E-state index contributed by atoms with van der Waals surface area (Å²) in [5, 5.41) is 3.58. The van der Waals surface area contributed by atoms with Crippen LogP contribution in [0.1, 0.15) is 18.1 Å². The lowest BCUT2D eigenvalue weighted by atomic mass is 10.0. The van der Waals surface area contributed by atoms with Crippen LogP contribution in [0.15, 0.2) is 29.4 Å². The molecule has 0 atom stereocenters. The van der Waals surface area contributed by atoms with Gasteiger partial charge in [0.25, 0.3) is 5.91 Å². The fourth-order valence-electron chi connectivity index (χ4n) is 1.37. The van der Waals surface area contributed by atoms with Gasteiger partial charge in [-0.15, -0.1) is 0 Å². The first-order chi connectivity index (χ1) is 8.56. The Balaban J connectivity index is 3.10. The molecule has 1 amide bonds. The zero-order valence-electron chi connectivity index (χ0n) is 10.2. The Morgan fingerprint density at radius 3 is 2.56 bits per heavy atom. The van der Waals surface area contributed by atoms with Gasteiger partial charge >= 0.3 is 5.97 Å². The molecule has 1 rings (SSSR count). The van der Waals surface area contributed by atoms with Gasteiger partial charge in [0.1, 0.15) is 13.7 Å². The summed E-state index contributed by atoms with van der Waals surface area (Å²) in [7, 11) is 1.32. The van der Waals surface area contributed by atoms with Crippen molar-refractivity contribution in [1.29, 1.82) is 0 Å². The molecule has 0 unspecified atom stereocenters. The van der Waals surface area contributed by atoms with E-state index in [1.54, 1.807) is 24.3 Å². The van der Waals surface area contributed by atoms with Gasteiger partial charge in [-0.05, 0) is 5.56 Å². The number of benzene rings is 1. The Morgan fingerprint density at radius 1 is 1.33 bits per heavy atom. The van der Waals surface area contributed by atoms with Gasteiger partial charge in [-0.3, -0.25) is 9.59 Å². The highest BCUT2D eigenvalue weighted by Crippen LogP contribution is 2.12. The van der Waals surface area contributed by atoms with E-state index in [1.165, 1.54) is 14.0 Å². The maximum Gasteiger partial charge on any atom is 0.302 e. The highest BCUT2D eigenvalue weighted by Gasteiger charge is 2.15. The van der Waals surface area contributed by atoms with Crippen molar-refractivity contribution in [3.05, 3.63) is 35.4 Å². The van der Waals surface area contributed by atoms with Crippen LogP contribution in [0, 0.1) is 0 Å². The Hall–Kier alpha value is -2.37. The maximum absolute atomic E-state index is 11.3. The van der Waals surface area contributed by atoms with Crippen LogP contribution in [0.5, 0.6) is 0 Å². The lowest BCUT2D eigenvalue weighted by molar-refractivity contribution is -0.142. The van der Waals surface area contributed by atoms with E-state index in [0.717, 1.165) is 0 Å². The van der Waals surface area contributed by atoms with Gasteiger partial charge in [0.2, 0.25) is 0 Å². The molecule has 0 spiro atoms. The topological polar surface area (TPSA) is 91.0 Å². The third-order valence-electron chi connectivity index (χ3n) is 2.12. The third kappa shape index (κ3) is 3.58. The summed E-state index contributed by atoms with van der Waals surface area (Å²) in [6, 6.07) is 6.85. The van der Waals surface area contributed by atoms with E-state index in [0.29, 0.717) is 11.1 Å². The Bertz CT molecular complexity index is 483. The zero-order chi connectivity index (χ0) is 13.5. The van der Waals surface area contributed by atoms with Crippen molar-refractivity contribution >= 4 is 17.6 Å². The first kappa shape index (κ1) is 13.7. The number of oxime groups is 1. The molecule has 6 heteroatoms. The van der Waals surface area contributed by atoms with E-state index in [9.17, 15) is 9.59 Å². The number of ether oxygens (including phenoxy) is 1. The van der Waals surface area contributed by atoms with Gasteiger partial charge in [-0.25, -0.2) is 0 Å². The maximum atomic E-state index is 11.3. The SMILES string of the molecule is CO/N=C(/C(N)=O)c1ccccc1COC(C)=O. The van der Waals surface area contributed by atoms with Crippen molar-refractivity contribution in [1.82, 2.24) is 0 Å². The number of nitrogens with two attached hydrogens (primary N) is 1. The molecule has 96 valence electrons. The highest BCUT2D eigenvalue weighted by molar-refractivity contribution is 6.45. The second-order valence-electron chi connectivity index (χ2n) is 3.42. The van der Waals surface area contributed by atoms with Crippen molar-refractivity contribution in [2.75, 3.05) is 7.11 Å². The molecule has 0 aliphatic carbocycles. The van der Waals surface area contributed by atoms with Crippen LogP contribution in [0.25, 0.3) is 0 Å². The standard InChI is InChI=1S/C12H14N2O4/c1-8(15)18-7-9-5-3-4-6-10(9)11(12(13)16)14-17-2/h3-6H,7H2,1-2H3,(H2,13,16)/b14-11+. The number of amides is 1. The Morgan fingerprint density at radius 2 is 2.00 bits per heavy atom. The second kappa shape index (κ2) is 6.39. The summed E-state index contributed by atoms with van der Waals surface area (Å²) in [5.74, 6) is -1.12. The second-order valence-corrected chi connectivity index (χ2v) is 3.42. The molecule has 1 aromatic carbocycles. The van der Waals surface area contributed by atoms with E-state index in [4.69, 9.17) is 10.5 Å². The zero-order valence-corrected chi connectivity index (χ0v) is 10.2. The number of hydrogen-bond acceptors (Lipinski definition) is 5. The molecule has 2 N–H and O–H groups in total. The third-order valence-corrected chi connectivity index (χ3v) is 2.12. The number of carbonyl (C=O) groups is 2. The summed E-state index contributed by atoms with van der Waals surface area (Å²) in [5.41, 5.74) is 6.32. The van der Waals surface area contributed by atoms with Crippen molar-refractivity contribution in [2.45, 2.75) is 13.5 Å². The molecular weight excluding hydrogens is 236 g/mol. The van der Waals surface area contributed by atoms with Crippen LogP contribution >= 0.6 is 0 Å².